The van der Waals surface area contributed by atoms with Crippen molar-refractivity contribution in [3.63, 3.8) is 0 Å². The summed E-state index contributed by atoms with van der Waals surface area (Å²) in [5, 5.41) is 14.4. The molecule has 1 aromatic rings. The van der Waals surface area contributed by atoms with Gasteiger partial charge in [-0.2, -0.15) is 0 Å². The van der Waals surface area contributed by atoms with Gasteiger partial charge in [-0.15, -0.1) is 0 Å². The van der Waals surface area contributed by atoms with Crippen molar-refractivity contribution in [2.45, 2.75) is 75.0 Å². The van der Waals surface area contributed by atoms with Crippen LogP contribution in [0.1, 0.15) is 63.9 Å². The zero-order valence-corrected chi connectivity index (χ0v) is 18.3. The van der Waals surface area contributed by atoms with Gasteiger partial charge in [-0.1, -0.05) is 37.3 Å². The number of carbonyl (C=O) groups is 2. The van der Waals surface area contributed by atoms with Crippen LogP contribution in [0.25, 0.3) is 0 Å². The number of amides is 2. The molecule has 0 bridgehead atoms. The molecule has 1 spiro atoms. The molecule has 2 N–H and O–H groups in total. The van der Waals surface area contributed by atoms with Gasteiger partial charge in [-0.3, -0.25) is 4.79 Å². The van der Waals surface area contributed by atoms with E-state index in [2.05, 4.69) is 29.6 Å². The third kappa shape index (κ3) is 3.65. The minimum atomic E-state index is -0.760. The number of benzene rings is 1. The van der Waals surface area contributed by atoms with Crippen molar-refractivity contribution in [1.29, 1.82) is 0 Å². The Labute approximate surface area is 179 Å². The van der Waals surface area contributed by atoms with Crippen LogP contribution < -0.4 is 5.32 Å². The largest absolute Gasteiger partial charge is 0.388 e. The summed E-state index contributed by atoms with van der Waals surface area (Å²) < 4.78 is 0. The fraction of sp³-hybridized carbons (Fsp3) is 0.667. The first-order valence-electron chi connectivity index (χ1n) is 11.4. The number of ketones is 1. The highest BCUT2D eigenvalue weighted by molar-refractivity contribution is 5.87. The van der Waals surface area contributed by atoms with Crippen molar-refractivity contribution >= 4 is 11.8 Å². The van der Waals surface area contributed by atoms with Crippen molar-refractivity contribution in [3.05, 3.63) is 35.9 Å². The Morgan fingerprint density at radius 1 is 1.10 bits per heavy atom. The molecular weight excluding hydrogens is 378 g/mol. The second-order valence-corrected chi connectivity index (χ2v) is 9.62. The third-order valence-corrected chi connectivity index (χ3v) is 7.90. The van der Waals surface area contributed by atoms with E-state index >= 15 is 0 Å². The van der Waals surface area contributed by atoms with E-state index in [0.29, 0.717) is 19.5 Å². The fourth-order valence-corrected chi connectivity index (χ4v) is 5.61. The highest BCUT2D eigenvalue weighted by Crippen LogP contribution is 2.48. The number of aliphatic hydroxyl groups is 1. The van der Waals surface area contributed by atoms with E-state index < -0.39 is 5.60 Å². The van der Waals surface area contributed by atoms with E-state index in [-0.39, 0.29) is 29.4 Å². The van der Waals surface area contributed by atoms with E-state index in [1.54, 1.807) is 4.90 Å². The number of nitrogens with zero attached hydrogens (tertiary/aromatic N) is 2. The normalized spacial score (nSPS) is 30.6. The van der Waals surface area contributed by atoms with Gasteiger partial charge in [-0.25, -0.2) is 4.79 Å². The van der Waals surface area contributed by atoms with Crippen LogP contribution in [0, 0.1) is 0 Å². The molecule has 4 rings (SSSR count). The molecule has 0 radical (unpaired) electrons. The molecule has 1 aliphatic heterocycles. The molecule has 30 heavy (non-hydrogen) atoms. The Kier molecular flexibility index (Phi) is 5.66. The molecule has 164 valence electrons. The summed E-state index contributed by atoms with van der Waals surface area (Å²) in [7, 11) is 2.02. The van der Waals surface area contributed by atoms with Gasteiger partial charge in [0, 0.05) is 18.5 Å². The number of hydrogen-bond donors (Lipinski definition) is 2. The molecule has 6 heteroatoms. The van der Waals surface area contributed by atoms with Crippen LogP contribution in [0.15, 0.2) is 30.3 Å². The van der Waals surface area contributed by atoms with Crippen LogP contribution in [-0.2, 0) is 10.3 Å². The molecule has 2 aliphatic carbocycles. The van der Waals surface area contributed by atoms with Gasteiger partial charge in [0.15, 0.2) is 5.78 Å². The second-order valence-electron chi connectivity index (χ2n) is 9.62. The predicted octanol–water partition coefficient (Wildman–Crippen LogP) is 3.05. The van der Waals surface area contributed by atoms with Crippen LogP contribution in [0.5, 0.6) is 0 Å². The summed E-state index contributed by atoms with van der Waals surface area (Å²) in [6.45, 7) is 3.00. The van der Waals surface area contributed by atoms with E-state index in [1.807, 2.05) is 24.9 Å². The van der Waals surface area contributed by atoms with Gasteiger partial charge in [0.05, 0.1) is 24.2 Å². The van der Waals surface area contributed by atoms with Gasteiger partial charge in [0.25, 0.3) is 0 Å². The molecule has 2 saturated carbocycles. The maximum Gasteiger partial charge on any atom is 0.321 e. The maximum atomic E-state index is 13.3. The molecule has 3 aliphatic rings. The number of nitrogens with one attached hydrogen (secondary N) is 1. The lowest BCUT2D eigenvalue weighted by Gasteiger charge is -2.50. The molecule has 1 heterocycles. The Morgan fingerprint density at radius 2 is 1.77 bits per heavy atom. The van der Waals surface area contributed by atoms with Crippen LogP contribution in [0.4, 0.5) is 4.79 Å². The number of Topliss-reactive ketones (excluding diaryl/α,β-unsaturated/α-hetero) is 1. The standard InChI is InChI=1S/C24H35N3O3/c1-3-20(28)16-26-17-22(27(21(26)29)18-23(30)10-7-11-23)12-14-24(25-2,15-13-22)19-8-5-4-6-9-19/h4-6,8-9,25,30H,3,7,10-18H2,1-2H3. The van der Waals surface area contributed by atoms with Crippen molar-refractivity contribution in [2.24, 2.45) is 0 Å². The number of β-amino-alcohol motifs (C(OH)–C–C–N with tert-alkyl or cyclic N) is 1. The van der Waals surface area contributed by atoms with Gasteiger partial charge < -0.3 is 20.2 Å². The topological polar surface area (TPSA) is 72.9 Å². The van der Waals surface area contributed by atoms with Gasteiger partial charge in [-0.05, 0) is 57.6 Å². The summed E-state index contributed by atoms with van der Waals surface area (Å²) in [6.07, 6.45) is 6.54. The lowest BCUT2D eigenvalue weighted by molar-refractivity contribution is -0.119. The van der Waals surface area contributed by atoms with Crippen LogP contribution in [0.3, 0.4) is 0 Å². The number of rotatable bonds is 7. The Hall–Kier alpha value is -1.92. The molecule has 0 atom stereocenters. The van der Waals surface area contributed by atoms with Gasteiger partial charge in [0.2, 0.25) is 0 Å². The summed E-state index contributed by atoms with van der Waals surface area (Å²) in [5.74, 6) is 0.0902. The number of urea groups is 1. The van der Waals surface area contributed by atoms with Crippen LogP contribution in [0.2, 0.25) is 0 Å². The lowest BCUT2D eigenvalue weighted by atomic mass is 9.68. The molecule has 0 aromatic heterocycles. The Morgan fingerprint density at radius 3 is 2.30 bits per heavy atom. The second kappa shape index (κ2) is 7.97. The van der Waals surface area contributed by atoms with E-state index in [4.69, 9.17) is 0 Å². The number of carbonyl (C=O) groups excluding carboxylic acids is 2. The van der Waals surface area contributed by atoms with Crippen molar-refractivity contribution in [2.75, 3.05) is 26.7 Å². The average Bonchev–Trinajstić information content (AvgIpc) is 2.99. The third-order valence-electron chi connectivity index (χ3n) is 7.90. The highest BCUT2D eigenvalue weighted by Gasteiger charge is 2.55. The van der Waals surface area contributed by atoms with Crippen LogP contribution in [-0.4, -0.2) is 64.5 Å². The zero-order valence-electron chi connectivity index (χ0n) is 18.3. The van der Waals surface area contributed by atoms with Crippen molar-refractivity contribution in [3.8, 4) is 0 Å². The molecule has 6 nitrogen and oxygen atoms in total. The molecular formula is C24H35N3O3. The minimum absolute atomic E-state index is 0.0752. The van der Waals surface area contributed by atoms with E-state index in [9.17, 15) is 14.7 Å². The molecule has 2 amide bonds. The Bertz CT molecular complexity index is 782. The minimum Gasteiger partial charge on any atom is -0.388 e. The van der Waals surface area contributed by atoms with E-state index in [1.165, 1.54) is 5.56 Å². The summed E-state index contributed by atoms with van der Waals surface area (Å²) in [4.78, 5) is 29.1. The molecule has 0 unspecified atom stereocenters. The summed E-state index contributed by atoms with van der Waals surface area (Å²) >= 11 is 0. The summed E-state index contributed by atoms with van der Waals surface area (Å²) in [5.41, 5.74) is 0.130. The van der Waals surface area contributed by atoms with Gasteiger partial charge in [0.1, 0.15) is 0 Å². The summed E-state index contributed by atoms with van der Waals surface area (Å²) in [6, 6.07) is 10.5. The monoisotopic (exact) mass is 413 g/mol. The van der Waals surface area contributed by atoms with Crippen molar-refractivity contribution < 1.29 is 14.7 Å². The first-order chi connectivity index (χ1) is 14.4. The average molecular weight is 414 g/mol. The maximum absolute atomic E-state index is 13.3. The highest BCUT2D eigenvalue weighted by atomic mass is 16.3. The quantitative estimate of drug-likeness (QED) is 0.721. The SMILES string of the molecule is CCC(=O)CN1CC2(CCC(NC)(c3ccccc3)CC2)N(CC2(O)CCC2)C1=O. The molecule has 1 aromatic carbocycles. The predicted molar refractivity (Wildman–Crippen MR) is 116 cm³/mol. The van der Waals surface area contributed by atoms with Crippen molar-refractivity contribution in [1.82, 2.24) is 15.1 Å². The van der Waals surface area contributed by atoms with Crippen LogP contribution >= 0.6 is 0 Å². The van der Waals surface area contributed by atoms with E-state index in [0.717, 1.165) is 44.9 Å². The zero-order chi connectivity index (χ0) is 21.4. The first kappa shape index (κ1) is 21.3. The fourth-order valence-electron chi connectivity index (χ4n) is 5.61. The number of hydrogen-bond acceptors (Lipinski definition) is 4. The molecule has 3 fully saturated rings. The lowest BCUT2D eigenvalue weighted by Crippen LogP contribution is -2.59. The smallest absolute Gasteiger partial charge is 0.321 e. The van der Waals surface area contributed by atoms with Gasteiger partial charge >= 0.3 is 6.03 Å². The Balaban J connectivity index is 1.58. The molecule has 1 saturated heterocycles. The first-order valence-corrected chi connectivity index (χ1v) is 11.4.